The predicted octanol–water partition coefficient (Wildman–Crippen LogP) is 4.24. The van der Waals surface area contributed by atoms with Crippen molar-refractivity contribution in [2.45, 2.75) is 44.7 Å². The van der Waals surface area contributed by atoms with E-state index in [-0.39, 0.29) is 0 Å². The molecule has 0 radical (unpaired) electrons. The zero-order valence-corrected chi connectivity index (χ0v) is 11.1. The topological polar surface area (TPSA) is 12.0 Å². The third-order valence-corrected chi connectivity index (χ3v) is 3.96. The van der Waals surface area contributed by atoms with Crippen molar-refractivity contribution in [1.82, 2.24) is 5.32 Å². The molecule has 0 aliphatic carbocycles. The molecule has 1 aromatic rings. The van der Waals surface area contributed by atoms with E-state index in [4.69, 9.17) is 23.2 Å². The standard InChI is InChI=1S/C13H17Cl2N/c1-3-13-11(6-8(2)16-13)10-5-4-9(14)7-12(10)15/h4-5,7-8,11,13,16H,3,6H2,1-2H3. The van der Waals surface area contributed by atoms with Crippen LogP contribution in [0.4, 0.5) is 0 Å². The normalized spacial score (nSPS) is 29.6. The summed E-state index contributed by atoms with van der Waals surface area (Å²) in [6.45, 7) is 4.44. The predicted molar refractivity (Wildman–Crippen MR) is 70.5 cm³/mol. The lowest BCUT2D eigenvalue weighted by molar-refractivity contribution is 0.517. The highest BCUT2D eigenvalue weighted by Crippen LogP contribution is 2.37. The molecule has 1 heterocycles. The van der Waals surface area contributed by atoms with Gasteiger partial charge in [0.25, 0.3) is 0 Å². The average molecular weight is 258 g/mol. The molecule has 0 bridgehead atoms. The van der Waals surface area contributed by atoms with Crippen molar-refractivity contribution in [3.05, 3.63) is 33.8 Å². The van der Waals surface area contributed by atoms with Gasteiger partial charge in [-0.1, -0.05) is 36.2 Å². The molecule has 3 atom stereocenters. The Hall–Kier alpha value is -0.240. The highest BCUT2D eigenvalue weighted by atomic mass is 35.5. The van der Waals surface area contributed by atoms with Gasteiger partial charge < -0.3 is 5.32 Å². The third-order valence-electron chi connectivity index (χ3n) is 3.39. The van der Waals surface area contributed by atoms with Crippen LogP contribution in [-0.4, -0.2) is 12.1 Å². The third kappa shape index (κ3) is 2.37. The first-order valence-corrected chi connectivity index (χ1v) is 6.58. The van der Waals surface area contributed by atoms with Crippen LogP contribution in [0.2, 0.25) is 10.0 Å². The summed E-state index contributed by atoms with van der Waals surface area (Å²) in [5, 5.41) is 5.11. The Balaban J connectivity index is 2.29. The van der Waals surface area contributed by atoms with Crippen LogP contribution in [0.15, 0.2) is 18.2 Å². The first-order chi connectivity index (χ1) is 7.61. The van der Waals surface area contributed by atoms with Crippen LogP contribution in [0.1, 0.15) is 38.2 Å². The van der Waals surface area contributed by atoms with E-state index in [1.807, 2.05) is 12.1 Å². The lowest BCUT2D eigenvalue weighted by Gasteiger charge is -2.19. The second kappa shape index (κ2) is 4.95. The van der Waals surface area contributed by atoms with E-state index >= 15 is 0 Å². The lowest BCUT2D eigenvalue weighted by Crippen LogP contribution is -2.28. The molecule has 1 aliphatic rings. The molecule has 3 heteroatoms. The second-order valence-corrected chi connectivity index (χ2v) is 5.43. The van der Waals surface area contributed by atoms with Crippen molar-refractivity contribution in [3.63, 3.8) is 0 Å². The van der Waals surface area contributed by atoms with Gasteiger partial charge in [0.1, 0.15) is 0 Å². The molecular formula is C13H17Cl2N. The number of benzene rings is 1. The summed E-state index contributed by atoms with van der Waals surface area (Å²) in [6.07, 6.45) is 2.29. The molecule has 0 amide bonds. The van der Waals surface area contributed by atoms with Gasteiger partial charge in [0.15, 0.2) is 0 Å². The van der Waals surface area contributed by atoms with Crippen molar-refractivity contribution in [3.8, 4) is 0 Å². The highest BCUT2D eigenvalue weighted by Gasteiger charge is 2.32. The zero-order chi connectivity index (χ0) is 11.7. The number of nitrogens with one attached hydrogen (secondary N) is 1. The van der Waals surface area contributed by atoms with Crippen LogP contribution < -0.4 is 5.32 Å². The van der Waals surface area contributed by atoms with Crippen LogP contribution in [0.3, 0.4) is 0 Å². The summed E-state index contributed by atoms with van der Waals surface area (Å²) in [7, 11) is 0. The fourth-order valence-corrected chi connectivity index (χ4v) is 3.19. The minimum absolute atomic E-state index is 0.518. The first-order valence-electron chi connectivity index (χ1n) is 5.82. The number of hydrogen-bond acceptors (Lipinski definition) is 1. The van der Waals surface area contributed by atoms with Crippen molar-refractivity contribution in [2.75, 3.05) is 0 Å². The SMILES string of the molecule is CCC1NC(C)CC1c1ccc(Cl)cc1Cl. The van der Waals surface area contributed by atoms with Crippen LogP contribution in [-0.2, 0) is 0 Å². The van der Waals surface area contributed by atoms with Gasteiger partial charge in [0.2, 0.25) is 0 Å². The van der Waals surface area contributed by atoms with E-state index in [1.54, 1.807) is 0 Å². The average Bonchev–Trinajstić information content (AvgIpc) is 2.59. The summed E-state index contributed by atoms with van der Waals surface area (Å²) in [6, 6.07) is 6.94. The Morgan fingerprint density at radius 2 is 2.12 bits per heavy atom. The molecule has 0 spiro atoms. The molecule has 1 N–H and O–H groups in total. The van der Waals surface area contributed by atoms with E-state index in [0.29, 0.717) is 23.0 Å². The molecule has 1 saturated heterocycles. The Labute approximate surface area is 107 Å². The molecule has 88 valence electrons. The number of rotatable bonds is 2. The van der Waals surface area contributed by atoms with E-state index in [9.17, 15) is 0 Å². The van der Waals surface area contributed by atoms with Gasteiger partial charge in [-0.05, 0) is 37.5 Å². The van der Waals surface area contributed by atoms with E-state index < -0.39 is 0 Å². The molecule has 16 heavy (non-hydrogen) atoms. The molecule has 1 aliphatic heterocycles. The second-order valence-electron chi connectivity index (χ2n) is 4.59. The molecular weight excluding hydrogens is 241 g/mol. The van der Waals surface area contributed by atoms with Crippen LogP contribution in [0.25, 0.3) is 0 Å². The monoisotopic (exact) mass is 257 g/mol. The summed E-state index contributed by atoms with van der Waals surface area (Å²) in [5.41, 5.74) is 1.23. The molecule has 1 fully saturated rings. The first kappa shape index (κ1) is 12.2. The maximum Gasteiger partial charge on any atom is 0.0456 e. The van der Waals surface area contributed by atoms with Gasteiger partial charge in [-0.15, -0.1) is 0 Å². The van der Waals surface area contributed by atoms with E-state index in [1.165, 1.54) is 5.56 Å². The summed E-state index contributed by atoms with van der Waals surface area (Å²) in [5.74, 6) is 0.518. The van der Waals surface area contributed by atoms with Gasteiger partial charge >= 0.3 is 0 Å². The molecule has 2 rings (SSSR count). The molecule has 0 saturated carbocycles. The van der Waals surface area contributed by atoms with Gasteiger partial charge in [-0.25, -0.2) is 0 Å². The minimum Gasteiger partial charge on any atom is -0.311 e. The van der Waals surface area contributed by atoms with Gasteiger partial charge in [0.05, 0.1) is 0 Å². The smallest absolute Gasteiger partial charge is 0.0456 e. The Morgan fingerprint density at radius 3 is 2.75 bits per heavy atom. The zero-order valence-electron chi connectivity index (χ0n) is 9.63. The number of halogens is 2. The van der Waals surface area contributed by atoms with Crippen molar-refractivity contribution >= 4 is 23.2 Å². The summed E-state index contributed by atoms with van der Waals surface area (Å²) < 4.78 is 0. The molecule has 0 aromatic heterocycles. The highest BCUT2D eigenvalue weighted by molar-refractivity contribution is 6.35. The Kier molecular flexibility index (Phi) is 3.78. The largest absolute Gasteiger partial charge is 0.311 e. The summed E-state index contributed by atoms with van der Waals surface area (Å²) in [4.78, 5) is 0. The van der Waals surface area contributed by atoms with Crippen molar-refractivity contribution in [1.29, 1.82) is 0 Å². The van der Waals surface area contributed by atoms with E-state index in [2.05, 4.69) is 25.2 Å². The van der Waals surface area contributed by atoms with Crippen LogP contribution >= 0.6 is 23.2 Å². The quantitative estimate of drug-likeness (QED) is 0.836. The maximum absolute atomic E-state index is 6.27. The van der Waals surface area contributed by atoms with Crippen molar-refractivity contribution in [2.24, 2.45) is 0 Å². The van der Waals surface area contributed by atoms with E-state index in [0.717, 1.165) is 17.9 Å². The lowest BCUT2D eigenvalue weighted by atomic mass is 9.90. The Morgan fingerprint density at radius 1 is 1.38 bits per heavy atom. The maximum atomic E-state index is 6.27. The van der Waals surface area contributed by atoms with Crippen molar-refractivity contribution < 1.29 is 0 Å². The Bertz CT molecular complexity index is 378. The van der Waals surface area contributed by atoms with Crippen LogP contribution in [0.5, 0.6) is 0 Å². The van der Waals surface area contributed by atoms with Crippen LogP contribution in [0, 0.1) is 0 Å². The molecule has 1 nitrogen and oxygen atoms in total. The molecule has 3 unspecified atom stereocenters. The fraction of sp³-hybridized carbons (Fsp3) is 0.538. The van der Waals surface area contributed by atoms with Gasteiger partial charge in [-0.2, -0.15) is 0 Å². The van der Waals surface area contributed by atoms with Gasteiger partial charge in [0, 0.05) is 28.0 Å². The summed E-state index contributed by atoms with van der Waals surface area (Å²) >= 11 is 12.2. The van der Waals surface area contributed by atoms with Gasteiger partial charge in [-0.3, -0.25) is 0 Å². The molecule has 1 aromatic carbocycles. The fourth-order valence-electron chi connectivity index (χ4n) is 2.64. The number of hydrogen-bond donors (Lipinski definition) is 1. The minimum atomic E-state index is 0.518.